The monoisotopic (exact) mass is 312 g/mol. The molecule has 0 bridgehead atoms. The first-order valence-corrected chi connectivity index (χ1v) is 10.5. The highest BCUT2D eigenvalue weighted by molar-refractivity contribution is 6.49. The lowest BCUT2D eigenvalue weighted by molar-refractivity contribution is 0.563. The van der Waals surface area contributed by atoms with Gasteiger partial charge in [-0.3, -0.25) is 9.98 Å². The Kier molecular flexibility index (Phi) is 5.50. The summed E-state index contributed by atoms with van der Waals surface area (Å²) < 4.78 is 6.03. The van der Waals surface area contributed by atoms with Crippen LogP contribution in [0.25, 0.3) is 0 Å². The van der Waals surface area contributed by atoms with E-state index >= 15 is 0 Å². The third kappa shape index (κ3) is 4.04. The number of aromatic nitrogens is 1. The Hall–Kier alpha value is -1.94. The molecular weight excluding hydrogens is 288 g/mol. The molecule has 1 atom stereocenters. The van der Waals surface area contributed by atoms with E-state index in [0.717, 1.165) is 28.3 Å². The molecule has 0 aliphatic carbocycles. The summed E-state index contributed by atoms with van der Waals surface area (Å²) in [5.41, 5.74) is 4.21. The topological polar surface area (TPSA) is 34.5 Å². The molecule has 0 aliphatic rings. The number of aryl methyl sites for hydroxylation is 1. The van der Waals surface area contributed by atoms with Crippen LogP contribution in [0.15, 0.2) is 47.6 Å². The predicted octanol–water partition coefficient (Wildman–Crippen LogP) is 4.32. The maximum atomic E-state index is 6.03. The molecule has 4 heteroatoms. The second-order valence-corrected chi connectivity index (χ2v) is 8.10. The predicted molar refractivity (Wildman–Crippen MR) is 95.5 cm³/mol. The maximum Gasteiger partial charge on any atom is 0.229 e. The van der Waals surface area contributed by atoms with Gasteiger partial charge in [0.1, 0.15) is 5.75 Å². The van der Waals surface area contributed by atoms with E-state index in [0.29, 0.717) is 0 Å². The fourth-order valence-corrected chi connectivity index (χ4v) is 3.20. The summed E-state index contributed by atoms with van der Waals surface area (Å²) in [5, 5.41) is 0. The molecule has 0 spiro atoms. The lowest BCUT2D eigenvalue weighted by atomic mass is 10.1. The van der Waals surface area contributed by atoms with E-state index in [1.807, 2.05) is 37.4 Å². The van der Waals surface area contributed by atoms with Crippen molar-refractivity contribution in [3.05, 3.63) is 59.4 Å². The van der Waals surface area contributed by atoms with E-state index in [1.165, 1.54) is 0 Å². The minimum absolute atomic E-state index is 0.0466. The van der Waals surface area contributed by atoms with E-state index in [9.17, 15) is 0 Å². The van der Waals surface area contributed by atoms with Crippen LogP contribution in [0, 0.1) is 6.92 Å². The first-order valence-electron chi connectivity index (χ1n) is 7.71. The van der Waals surface area contributed by atoms with Crippen LogP contribution < -0.4 is 4.43 Å². The SMILES string of the molecule is CC(=NC(C)c1ccccc1O[SiH](C)C)c1ncccc1C. The van der Waals surface area contributed by atoms with Crippen molar-refractivity contribution in [2.75, 3.05) is 0 Å². The van der Waals surface area contributed by atoms with Crippen molar-refractivity contribution >= 4 is 14.8 Å². The molecule has 1 heterocycles. The van der Waals surface area contributed by atoms with Crippen molar-refractivity contribution in [2.24, 2.45) is 4.99 Å². The molecule has 0 aliphatic heterocycles. The lowest BCUT2D eigenvalue weighted by Crippen LogP contribution is -2.13. The van der Waals surface area contributed by atoms with Gasteiger partial charge in [0, 0.05) is 11.8 Å². The van der Waals surface area contributed by atoms with Gasteiger partial charge in [0.15, 0.2) is 0 Å². The molecule has 1 aromatic carbocycles. The van der Waals surface area contributed by atoms with Crippen LogP contribution in [-0.4, -0.2) is 19.7 Å². The van der Waals surface area contributed by atoms with E-state index in [1.54, 1.807) is 0 Å². The molecule has 0 fully saturated rings. The number of nitrogens with zero attached hydrogens (tertiary/aromatic N) is 2. The molecule has 0 radical (unpaired) electrons. The zero-order valence-corrected chi connectivity index (χ0v) is 15.2. The van der Waals surface area contributed by atoms with Crippen LogP contribution in [0.3, 0.4) is 0 Å². The van der Waals surface area contributed by atoms with Crippen molar-refractivity contribution in [1.29, 1.82) is 0 Å². The third-order valence-electron chi connectivity index (χ3n) is 3.47. The Morgan fingerprint density at radius 3 is 2.59 bits per heavy atom. The Labute approximate surface area is 134 Å². The van der Waals surface area contributed by atoms with Gasteiger partial charge in [-0.15, -0.1) is 0 Å². The van der Waals surface area contributed by atoms with Crippen LogP contribution in [0.2, 0.25) is 13.1 Å². The Morgan fingerprint density at radius 1 is 1.18 bits per heavy atom. The summed E-state index contributed by atoms with van der Waals surface area (Å²) in [5.74, 6) is 0.964. The number of pyridine rings is 1. The Balaban J connectivity index is 2.31. The molecule has 22 heavy (non-hydrogen) atoms. The average Bonchev–Trinajstić information content (AvgIpc) is 2.47. The van der Waals surface area contributed by atoms with Crippen LogP contribution in [0.4, 0.5) is 0 Å². The van der Waals surface area contributed by atoms with E-state index in [-0.39, 0.29) is 6.04 Å². The molecule has 1 aromatic heterocycles. The van der Waals surface area contributed by atoms with Crippen molar-refractivity contribution in [1.82, 2.24) is 4.98 Å². The van der Waals surface area contributed by atoms with Crippen LogP contribution in [0.5, 0.6) is 5.75 Å². The van der Waals surface area contributed by atoms with Gasteiger partial charge in [0.25, 0.3) is 0 Å². The van der Waals surface area contributed by atoms with Gasteiger partial charge in [0.05, 0.1) is 17.4 Å². The highest BCUT2D eigenvalue weighted by Gasteiger charge is 2.13. The molecule has 0 saturated heterocycles. The summed E-state index contributed by atoms with van der Waals surface area (Å²) in [7, 11) is -1.13. The van der Waals surface area contributed by atoms with Crippen LogP contribution in [0.1, 0.15) is 36.7 Å². The zero-order valence-electron chi connectivity index (χ0n) is 14.0. The number of benzene rings is 1. The molecule has 2 aromatic rings. The maximum absolute atomic E-state index is 6.03. The Morgan fingerprint density at radius 2 is 1.91 bits per heavy atom. The quantitative estimate of drug-likeness (QED) is 0.608. The normalized spacial score (nSPS) is 13.3. The fraction of sp³-hybridized carbons (Fsp3) is 0.333. The van der Waals surface area contributed by atoms with Gasteiger partial charge >= 0.3 is 0 Å². The molecule has 1 unspecified atom stereocenters. The molecule has 116 valence electrons. The third-order valence-corrected chi connectivity index (χ3v) is 4.20. The van der Waals surface area contributed by atoms with Gasteiger partial charge < -0.3 is 4.43 Å². The first kappa shape index (κ1) is 16.4. The number of aliphatic imine (C=N–C) groups is 1. The van der Waals surface area contributed by atoms with Gasteiger partial charge in [-0.25, -0.2) is 0 Å². The minimum Gasteiger partial charge on any atom is -0.547 e. The van der Waals surface area contributed by atoms with Gasteiger partial charge in [-0.05, 0) is 51.6 Å². The second kappa shape index (κ2) is 7.36. The van der Waals surface area contributed by atoms with Crippen molar-refractivity contribution in [3.63, 3.8) is 0 Å². The number of hydrogen-bond donors (Lipinski definition) is 0. The molecule has 0 saturated carbocycles. The van der Waals surface area contributed by atoms with Crippen LogP contribution in [-0.2, 0) is 0 Å². The Bertz CT molecular complexity index is 668. The van der Waals surface area contributed by atoms with E-state index < -0.39 is 9.04 Å². The summed E-state index contributed by atoms with van der Waals surface area (Å²) in [6, 6.07) is 12.2. The van der Waals surface area contributed by atoms with Gasteiger partial charge in [0.2, 0.25) is 9.04 Å². The molecular formula is C18H24N2OSi. The van der Waals surface area contributed by atoms with Crippen molar-refractivity contribution in [2.45, 2.75) is 39.9 Å². The van der Waals surface area contributed by atoms with E-state index in [4.69, 9.17) is 9.42 Å². The lowest BCUT2D eigenvalue weighted by Gasteiger charge is -2.17. The van der Waals surface area contributed by atoms with Crippen molar-refractivity contribution in [3.8, 4) is 5.75 Å². The number of rotatable bonds is 5. The van der Waals surface area contributed by atoms with E-state index in [2.05, 4.69) is 44.1 Å². The summed E-state index contributed by atoms with van der Waals surface area (Å²) in [6.45, 7) is 10.5. The highest BCUT2D eigenvalue weighted by Crippen LogP contribution is 2.28. The first-order chi connectivity index (χ1) is 10.5. The highest BCUT2D eigenvalue weighted by atomic mass is 28.3. The largest absolute Gasteiger partial charge is 0.547 e. The zero-order chi connectivity index (χ0) is 16.1. The summed E-state index contributed by atoms with van der Waals surface area (Å²) in [4.78, 5) is 9.28. The molecule has 2 rings (SSSR count). The fourth-order valence-electron chi connectivity index (χ4n) is 2.47. The number of hydrogen-bond acceptors (Lipinski definition) is 3. The van der Waals surface area contributed by atoms with Gasteiger partial charge in [-0.1, -0.05) is 24.3 Å². The smallest absolute Gasteiger partial charge is 0.229 e. The average molecular weight is 312 g/mol. The van der Waals surface area contributed by atoms with Crippen LogP contribution >= 0.6 is 0 Å². The molecule has 0 amide bonds. The minimum atomic E-state index is -1.13. The summed E-state index contributed by atoms with van der Waals surface area (Å²) >= 11 is 0. The number of para-hydroxylation sites is 1. The summed E-state index contributed by atoms with van der Waals surface area (Å²) in [6.07, 6.45) is 1.81. The standard InChI is InChI=1S/C18H24N2OSi/c1-13-9-8-12-19-18(13)15(3)20-14(2)16-10-6-7-11-17(16)21-22(4)5/h6-12,14,22H,1-5H3. The van der Waals surface area contributed by atoms with Crippen molar-refractivity contribution < 1.29 is 4.43 Å². The second-order valence-electron chi connectivity index (χ2n) is 5.76. The molecule has 3 nitrogen and oxygen atoms in total. The van der Waals surface area contributed by atoms with Gasteiger partial charge in [-0.2, -0.15) is 0 Å². The molecule has 0 N–H and O–H groups in total.